The van der Waals surface area contributed by atoms with Crippen LogP contribution in [0.1, 0.15) is 38.5 Å². The number of rotatable bonds is 3. The molecule has 21 heavy (non-hydrogen) atoms. The van der Waals surface area contributed by atoms with Crippen molar-refractivity contribution in [2.45, 2.75) is 44.2 Å². The van der Waals surface area contributed by atoms with Gasteiger partial charge in [0.1, 0.15) is 0 Å². The molecule has 3 aliphatic rings. The first-order valence-corrected chi connectivity index (χ1v) is 7.89. The van der Waals surface area contributed by atoms with Gasteiger partial charge >= 0.3 is 0 Å². The van der Waals surface area contributed by atoms with Crippen molar-refractivity contribution in [3.63, 3.8) is 0 Å². The van der Waals surface area contributed by atoms with Gasteiger partial charge in [0.2, 0.25) is 5.91 Å². The van der Waals surface area contributed by atoms with Crippen LogP contribution in [0.3, 0.4) is 0 Å². The zero-order valence-electron chi connectivity index (χ0n) is 12.4. The molecule has 0 aromatic rings. The van der Waals surface area contributed by atoms with Crippen molar-refractivity contribution in [3.8, 4) is 0 Å². The second-order valence-corrected chi connectivity index (χ2v) is 6.72. The standard InChI is InChI=1S/C16H23FN2O2/c1-2-9-18-11-8-15(13(18)20)5-4-10-19(12-15)14(21)16(17)6-3-7-16/h2H,1,3-12H2. The molecule has 0 aromatic carbocycles. The van der Waals surface area contributed by atoms with E-state index in [1.807, 2.05) is 0 Å². The van der Waals surface area contributed by atoms with Crippen LogP contribution in [0, 0.1) is 5.41 Å². The second kappa shape index (κ2) is 5.11. The summed E-state index contributed by atoms with van der Waals surface area (Å²) in [7, 11) is 0. The Morgan fingerprint density at radius 3 is 2.62 bits per heavy atom. The number of halogens is 1. The number of amides is 2. The summed E-state index contributed by atoms with van der Waals surface area (Å²) in [4.78, 5) is 28.4. The molecule has 1 atom stereocenters. The zero-order chi connectivity index (χ0) is 15.1. The normalized spacial score (nSPS) is 31.4. The smallest absolute Gasteiger partial charge is 0.260 e. The highest BCUT2D eigenvalue weighted by Gasteiger charge is 2.53. The van der Waals surface area contributed by atoms with Crippen LogP contribution in [-0.2, 0) is 9.59 Å². The molecule has 2 aliphatic heterocycles. The number of carbonyl (C=O) groups excluding carboxylic acids is 2. The Bertz CT molecular complexity index is 475. The monoisotopic (exact) mass is 294 g/mol. The summed E-state index contributed by atoms with van der Waals surface area (Å²) < 4.78 is 14.4. The lowest BCUT2D eigenvalue weighted by Gasteiger charge is -2.43. The first-order valence-electron chi connectivity index (χ1n) is 7.89. The Labute approximate surface area is 125 Å². The van der Waals surface area contributed by atoms with Gasteiger partial charge in [-0.05, 0) is 38.5 Å². The molecule has 1 unspecified atom stereocenters. The Kier molecular flexibility index (Phi) is 3.54. The number of hydrogen-bond acceptors (Lipinski definition) is 2. The highest BCUT2D eigenvalue weighted by atomic mass is 19.1. The van der Waals surface area contributed by atoms with Crippen LogP contribution >= 0.6 is 0 Å². The minimum atomic E-state index is -1.65. The van der Waals surface area contributed by atoms with E-state index < -0.39 is 11.1 Å². The molecule has 3 fully saturated rings. The molecule has 0 N–H and O–H groups in total. The lowest BCUT2D eigenvalue weighted by molar-refractivity contribution is -0.155. The van der Waals surface area contributed by atoms with Gasteiger partial charge in [-0.1, -0.05) is 6.08 Å². The van der Waals surface area contributed by atoms with E-state index in [1.165, 1.54) is 0 Å². The number of piperidine rings is 1. The second-order valence-electron chi connectivity index (χ2n) is 6.72. The van der Waals surface area contributed by atoms with Gasteiger partial charge in [-0.15, -0.1) is 6.58 Å². The minimum absolute atomic E-state index is 0.112. The predicted octanol–water partition coefficient (Wildman–Crippen LogP) is 1.91. The van der Waals surface area contributed by atoms with E-state index >= 15 is 0 Å². The Balaban J connectivity index is 1.72. The molecule has 0 bridgehead atoms. The van der Waals surface area contributed by atoms with Crippen LogP contribution in [-0.4, -0.2) is 53.5 Å². The largest absolute Gasteiger partial charge is 0.339 e. The van der Waals surface area contributed by atoms with Gasteiger partial charge in [-0.3, -0.25) is 9.59 Å². The van der Waals surface area contributed by atoms with E-state index in [2.05, 4.69) is 6.58 Å². The fourth-order valence-corrected chi connectivity index (χ4v) is 3.89. The number of carbonyl (C=O) groups is 2. The van der Waals surface area contributed by atoms with E-state index in [4.69, 9.17) is 0 Å². The SMILES string of the molecule is C=CCN1CCC2(CCCN(C(=O)C3(F)CCC3)C2)C1=O. The highest BCUT2D eigenvalue weighted by Crippen LogP contribution is 2.43. The van der Waals surface area contributed by atoms with E-state index in [9.17, 15) is 14.0 Å². The van der Waals surface area contributed by atoms with Crippen LogP contribution in [0.15, 0.2) is 12.7 Å². The lowest BCUT2D eigenvalue weighted by Crippen LogP contribution is -2.56. The van der Waals surface area contributed by atoms with Crippen LogP contribution in [0.25, 0.3) is 0 Å². The van der Waals surface area contributed by atoms with Gasteiger partial charge in [0.15, 0.2) is 5.67 Å². The molecular weight excluding hydrogens is 271 g/mol. The van der Waals surface area contributed by atoms with Crippen LogP contribution in [0.4, 0.5) is 4.39 Å². The summed E-state index contributed by atoms with van der Waals surface area (Å²) in [5.41, 5.74) is -2.13. The van der Waals surface area contributed by atoms with Gasteiger partial charge in [0.25, 0.3) is 5.91 Å². The van der Waals surface area contributed by atoms with Crippen molar-refractivity contribution < 1.29 is 14.0 Å². The van der Waals surface area contributed by atoms with Crippen molar-refractivity contribution in [2.75, 3.05) is 26.2 Å². The van der Waals surface area contributed by atoms with Gasteiger partial charge in [-0.2, -0.15) is 0 Å². The molecule has 0 aromatic heterocycles. The van der Waals surface area contributed by atoms with Crippen molar-refractivity contribution in [1.29, 1.82) is 0 Å². The fraction of sp³-hybridized carbons (Fsp3) is 0.750. The number of hydrogen-bond donors (Lipinski definition) is 0. The first kappa shape index (κ1) is 14.5. The average molecular weight is 294 g/mol. The van der Waals surface area contributed by atoms with Crippen molar-refractivity contribution in [3.05, 3.63) is 12.7 Å². The molecule has 1 aliphatic carbocycles. The maximum Gasteiger partial charge on any atom is 0.260 e. The molecular formula is C16H23FN2O2. The molecule has 116 valence electrons. The summed E-state index contributed by atoms with van der Waals surface area (Å²) in [5, 5.41) is 0. The summed E-state index contributed by atoms with van der Waals surface area (Å²) in [6.45, 7) is 5.93. The molecule has 2 heterocycles. The maximum atomic E-state index is 14.4. The van der Waals surface area contributed by atoms with Gasteiger partial charge in [0.05, 0.1) is 5.41 Å². The first-order chi connectivity index (χ1) is 10.0. The predicted molar refractivity (Wildman–Crippen MR) is 77.3 cm³/mol. The third kappa shape index (κ3) is 2.27. The van der Waals surface area contributed by atoms with Crippen molar-refractivity contribution in [1.82, 2.24) is 9.80 Å². The van der Waals surface area contributed by atoms with Gasteiger partial charge in [0, 0.05) is 26.2 Å². The quantitative estimate of drug-likeness (QED) is 0.746. The van der Waals surface area contributed by atoms with Gasteiger partial charge < -0.3 is 9.80 Å². The summed E-state index contributed by atoms with van der Waals surface area (Å²) >= 11 is 0. The molecule has 3 rings (SSSR count). The van der Waals surface area contributed by atoms with E-state index in [-0.39, 0.29) is 11.8 Å². The summed E-state index contributed by atoms with van der Waals surface area (Å²) in [5.74, 6) is -0.274. The zero-order valence-corrected chi connectivity index (χ0v) is 12.4. The van der Waals surface area contributed by atoms with Crippen molar-refractivity contribution in [2.24, 2.45) is 5.41 Å². The molecule has 5 heteroatoms. The fourth-order valence-electron chi connectivity index (χ4n) is 3.89. The van der Waals surface area contributed by atoms with E-state index in [1.54, 1.807) is 15.9 Å². The molecule has 0 radical (unpaired) electrons. The van der Waals surface area contributed by atoms with E-state index in [0.29, 0.717) is 39.0 Å². The van der Waals surface area contributed by atoms with Crippen LogP contribution < -0.4 is 0 Å². The molecule has 2 amide bonds. The Morgan fingerprint density at radius 2 is 2.00 bits per heavy atom. The highest BCUT2D eigenvalue weighted by molar-refractivity contribution is 5.89. The minimum Gasteiger partial charge on any atom is -0.339 e. The van der Waals surface area contributed by atoms with Crippen LogP contribution in [0.5, 0.6) is 0 Å². The number of nitrogens with zero attached hydrogens (tertiary/aromatic N) is 2. The average Bonchev–Trinajstić information content (AvgIpc) is 2.74. The number of alkyl halides is 1. The lowest BCUT2D eigenvalue weighted by atomic mass is 9.76. The molecule has 1 saturated carbocycles. The van der Waals surface area contributed by atoms with Crippen molar-refractivity contribution >= 4 is 11.8 Å². The van der Waals surface area contributed by atoms with E-state index in [0.717, 1.165) is 25.7 Å². The Hall–Kier alpha value is -1.39. The molecule has 4 nitrogen and oxygen atoms in total. The summed E-state index contributed by atoms with van der Waals surface area (Å²) in [6.07, 6.45) is 5.55. The molecule has 1 spiro atoms. The molecule has 2 saturated heterocycles. The topological polar surface area (TPSA) is 40.6 Å². The van der Waals surface area contributed by atoms with Gasteiger partial charge in [-0.25, -0.2) is 4.39 Å². The third-order valence-electron chi connectivity index (χ3n) is 5.34. The third-order valence-corrected chi connectivity index (χ3v) is 5.34. The number of likely N-dealkylation sites (tertiary alicyclic amines) is 2. The Morgan fingerprint density at radius 1 is 1.24 bits per heavy atom. The maximum absolute atomic E-state index is 14.4. The summed E-state index contributed by atoms with van der Waals surface area (Å²) in [6, 6.07) is 0. The van der Waals surface area contributed by atoms with Crippen LogP contribution in [0.2, 0.25) is 0 Å².